The SMILES string of the molecule is CC(C)c1cccc2c1N[C@H](c1ccc(Cl)c(Cl)c1)[C@H]1CC=C[C@@H]21. The quantitative estimate of drug-likeness (QED) is 0.573. The smallest absolute Gasteiger partial charge is 0.0595 e. The summed E-state index contributed by atoms with van der Waals surface area (Å²) in [6.07, 6.45) is 5.78. The molecule has 4 rings (SSSR count). The molecular formula is C21H21Cl2N. The van der Waals surface area contributed by atoms with Crippen LogP contribution in [0.3, 0.4) is 0 Å². The van der Waals surface area contributed by atoms with E-state index >= 15 is 0 Å². The van der Waals surface area contributed by atoms with E-state index in [-0.39, 0.29) is 6.04 Å². The fourth-order valence-electron chi connectivity index (χ4n) is 4.16. The monoisotopic (exact) mass is 357 g/mol. The molecule has 0 saturated carbocycles. The zero-order chi connectivity index (χ0) is 16.8. The van der Waals surface area contributed by atoms with Crippen molar-refractivity contribution in [2.45, 2.75) is 38.1 Å². The summed E-state index contributed by atoms with van der Waals surface area (Å²) in [6, 6.07) is 13.0. The van der Waals surface area contributed by atoms with Crippen LogP contribution in [0.2, 0.25) is 10.0 Å². The number of hydrogen-bond donors (Lipinski definition) is 1. The lowest BCUT2D eigenvalue weighted by atomic mass is 9.75. The molecule has 24 heavy (non-hydrogen) atoms. The molecule has 1 nitrogen and oxygen atoms in total. The molecule has 0 spiro atoms. The third-order valence-corrected chi connectivity index (χ3v) is 6.09. The van der Waals surface area contributed by atoms with Crippen molar-refractivity contribution >= 4 is 28.9 Å². The number of halogens is 2. The Labute approximate surface area is 153 Å². The van der Waals surface area contributed by atoms with Crippen molar-refractivity contribution in [3.8, 4) is 0 Å². The molecular weight excluding hydrogens is 337 g/mol. The first-order valence-electron chi connectivity index (χ1n) is 8.57. The van der Waals surface area contributed by atoms with Gasteiger partial charge in [-0.3, -0.25) is 0 Å². The molecule has 2 aromatic carbocycles. The minimum atomic E-state index is 0.257. The van der Waals surface area contributed by atoms with Crippen LogP contribution in [0.4, 0.5) is 5.69 Å². The maximum Gasteiger partial charge on any atom is 0.0595 e. The van der Waals surface area contributed by atoms with E-state index in [0.717, 1.165) is 6.42 Å². The molecule has 124 valence electrons. The second-order valence-corrected chi connectivity index (χ2v) is 7.93. The van der Waals surface area contributed by atoms with Crippen molar-refractivity contribution in [1.29, 1.82) is 0 Å². The highest BCUT2D eigenvalue weighted by molar-refractivity contribution is 6.42. The number of rotatable bonds is 2. The number of para-hydroxylation sites is 1. The normalized spacial score (nSPS) is 24.6. The first-order chi connectivity index (χ1) is 11.6. The maximum absolute atomic E-state index is 6.28. The molecule has 0 saturated heterocycles. The van der Waals surface area contributed by atoms with Gasteiger partial charge in [0.05, 0.1) is 16.1 Å². The Morgan fingerprint density at radius 2 is 1.92 bits per heavy atom. The number of anilines is 1. The molecule has 1 aliphatic carbocycles. The van der Waals surface area contributed by atoms with E-state index in [1.54, 1.807) is 0 Å². The van der Waals surface area contributed by atoms with Crippen LogP contribution >= 0.6 is 23.2 Å². The summed E-state index contributed by atoms with van der Waals surface area (Å²) < 4.78 is 0. The van der Waals surface area contributed by atoms with Crippen LogP contribution in [0.5, 0.6) is 0 Å². The third-order valence-electron chi connectivity index (χ3n) is 5.35. The van der Waals surface area contributed by atoms with Gasteiger partial charge in [-0.25, -0.2) is 0 Å². The zero-order valence-corrected chi connectivity index (χ0v) is 15.4. The summed E-state index contributed by atoms with van der Waals surface area (Å²) >= 11 is 12.4. The lowest BCUT2D eigenvalue weighted by Gasteiger charge is -2.39. The van der Waals surface area contributed by atoms with Crippen molar-refractivity contribution in [3.63, 3.8) is 0 Å². The molecule has 3 atom stereocenters. The molecule has 2 aromatic rings. The Morgan fingerprint density at radius 3 is 2.67 bits per heavy atom. The number of nitrogens with one attached hydrogen (secondary N) is 1. The topological polar surface area (TPSA) is 12.0 Å². The van der Waals surface area contributed by atoms with Crippen LogP contribution in [0.1, 0.15) is 54.8 Å². The highest BCUT2D eigenvalue weighted by Gasteiger charge is 2.38. The van der Waals surface area contributed by atoms with Gasteiger partial charge >= 0.3 is 0 Å². The Morgan fingerprint density at radius 1 is 1.08 bits per heavy atom. The van der Waals surface area contributed by atoms with Gasteiger partial charge in [-0.15, -0.1) is 0 Å². The number of benzene rings is 2. The van der Waals surface area contributed by atoms with E-state index < -0.39 is 0 Å². The van der Waals surface area contributed by atoms with Crippen LogP contribution in [-0.2, 0) is 0 Å². The Hall–Kier alpha value is -1.44. The zero-order valence-electron chi connectivity index (χ0n) is 13.9. The van der Waals surface area contributed by atoms with Crippen molar-refractivity contribution in [2.24, 2.45) is 5.92 Å². The average molecular weight is 358 g/mol. The van der Waals surface area contributed by atoms with E-state index in [4.69, 9.17) is 23.2 Å². The molecule has 2 aliphatic rings. The van der Waals surface area contributed by atoms with Gasteiger partial charge in [-0.2, -0.15) is 0 Å². The van der Waals surface area contributed by atoms with Crippen LogP contribution in [0.15, 0.2) is 48.6 Å². The van der Waals surface area contributed by atoms with Gasteiger partial charge in [0.25, 0.3) is 0 Å². The summed E-state index contributed by atoms with van der Waals surface area (Å²) in [5.41, 5.74) is 5.33. The van der Waals surface area contributed by atoms with Gasteiger partial charge in [0.1, 0.15) is 0 Å². The predicted octanol–water partition coefficient (Wildman–Crippen LogP) is 6.94. The van der Waals surface area contributed by atoms with Crippen molar-refractivity contribution in [1.82, 2.24) is 0 Å². The van der Waals surface area contributed by atoms with E-state index in [9.17, 15) is 0 Å². The standard InChI is InChI=1S/C21H21Cl2N/c1-12(2)14-5-3-8-17-15-6-4-7-16(15)20(24-21(14)17)13-9-10-18(22)19(23)11-13/h3-6,8-12,15-16,20,24H,7H2,1-2H3/t15-,16+,20-/m1/s1. The maximum atomic E-state index is 6.28. The van der Waals surface area contributed by atoms with E-state index in [0.29, 0.717) is 27.8 Å². The minimum Gasteiger partial charge on any atom is -0.377 e. The molecule has 1 aliphatic heterocycles. The first kappa shape index (κ1) is 16.1. The number of hydrogen-bond acceptors (Lipinski definition) is 1. The highest BCUT2D eigenvalue weighted by atomic mass is 35.5. The summed E-state index contributed by atoms with van der Waals surface area (Å²) in [7, 11) is 0. The van der Waals surface area contributed by atoms with E-state index in [1.807, 2.05) is 12.1 Å². The summed E-state index contributed by atoms with van der Waals surface area (Å²) in [5, 5.41) is 5.08. The van der Waals surface area contributed by atoms with Gasteiger partial charge in [0.2, 0.25) is 0 Å². The lowest BCUT2D eigenvalue weighted by molar-refractivity contribution is 0.424. The highest BCUT2D eigenvalue weighted by Crippen LogP contribution is 2.51. The van der Waals surface area contributed by atoms with E-state index in [1.165, 1.54) is 22.4 Å². The molecule has 1 N–H and O–H groups in total. The second kappa shape index (κ2) is 6.13. The molecule has 0 radical (unpaired) electrons. The van der Waals surface area contributed by atoms with Crippen LogP contribution in [0, 0.1) is 5.92 Å². The molecule has 0 amide bonds. The Kier molecular flexibility index (Phi) is 4.10. The lowest BCUT2D eigenvalue weighted by Crippen LogP contribution is -2.30. The fraction of sp³-hybridized carbons (Fsp3) is 0.333. The Bertz CT molecular complexity index is 809. The van der Waals surface area contributed by atoms with Crippen LogP contribution in [0.25, 0.3) is 0 Å². The molecule has 0 aromatic heterocycles. The van der Waals surface area contributed by atoms with Crippen LogP contribution in [-0.4, -0.2) is 0 Å². The summed E-state index contributed by atoms with van der Waals surface area (Å²) in [4.78, 5) is 0. The van der Waals surface area contributed by atoms with Gasteiger partial charge in [-0.05, 0) is 47.1 Å². The largest absolute Gasteiger partial charge is 0.377 e. The van der Waals surface area contributed by atoms with Crippen molar-refractivity contribution < 1.29 is 0 Å². The molecule has 0 fully saturated rings. The first-order valence-corrected chi connectivity index (χ1v) is 9.33. The molecule has 0 unspecified atom stereocenters. The average Bonchev–Trinajstić information content (AvgIpc) is 3.06. The molecule has 3 heteroatoms. The molecule has 1 heterocycles. The fourth-order valence-corrected chi connectivity index (χ4v) is 4.47. The predicted molar refractivity (Wildman–Crippen MR) is 103 cm³/mol. The van der Waals surface area contributed by atoms with Gasteiger partial charge in [-0.1, -0.05) is 73.5 Å². The minimum absolute atomic E-state index is 0.257. The third kappa shape index (κ3) is 2.55. The second-order valence-electron chi connectivity index (χ2n) is 7.12. The Balaban J connectivity index is 1.83. The number of fused-ring (bicyclic) bond motifs is 3. The summed E-state index contributed by atoms with van der Waals surface area (Å²) in [5.74, 6) is 1.49. The molecule has 0 bridgehead atoms. The van der Waals surface area contributed by atoms with E-state index in [2.05, 4.69) is 55.6 Å². The van der Waals surface area contributed by atoms with Gasteiger partial charge in [0, 0.05) is 11.6 Å². The van der Waals surface area contributed by atoms with Crippen molar-refractivity contribution in [3.05, 3.63) is 75.3 Å². The summed E-state index contributed by atoms with van der Waals surface area (Å²) in [6.45, 7) is 4.50. The number of allylic oxidation sites excluding steroid dienone is 2. The van der Waals surface area contributed by atoms with Gasteiger partial charge in [0.15, 0.2) is 0 Å². The van der Waals surface area contributed by atoms with Crippen molar-refractivity contribution in [2.75, 3.05) is 5.32 Å². The van der Waals surface area contributed by atoms with Gasteiger partial charge < -0.3 is 5.32 Å². The van der Waals surface area contributed by atoms with Crippen LogP contribution < -0.4 is 5.32 Å².